The van der Waals surface area contributed by atoms with E-state index in [9.17, 15) is 18.0 Å². The van der Waals surface area contributed by atoms with Gasteiger partial charge in [0.2, 0.25) is 11.8 Å². The lowest BCUT2D eigenvalue weighted by Crippen LogP contribution is -2.51. The molecule has 1 N–H and O–H groups in total. The first-order valence-electron chi connectivity index (χ1n) is 14.3. The summed E-state index contributed by atoms with van der Waals surface area (Å²) in [6.45, 7) is 7.52. The highest BCUT2D eigenvalue weighted by atomic mass is 35.5. The van der Waals surface area contributed by atoms with E-state index in [1.54, 1.807) is 49.4 Å². The van der Waals surface area contributed by atoms with Gasteiger partial charge < -0.3 is 24.4 Å². The van der Waals surface area contributed by atoms with Gasteiger partial charge in [-0.05, 0) is 73.9 Å². The maximum Gasteiger partial charge on any atom is 0.264 e. The number of hydrogen-bond acceptors (Lipinski definition) is 7. The molecule has 0 bridgehead atoms. The van der Waals surface area contributed by atoms with Crippen molar-refractivity contribution in [1.29, 1.82) is 0 Å². The van der Waals surface area contributed by atoms with E-state index < -0.39 is 28.5 Å². The van der Waals surface area contributed by atoms with Gasteiger partial charge in [-0.3, -0.25) is 13.9 Å². The molecule has 0 spiro atoms. The Morgan fingerprint density at radius 2 is 1.56 bits per heavy atom. The number of halogens is 2. The number of benzene rings is 3. The predicted octanol–water partition coefficient (Wildman–Crippen LogP) is 5.79. The number of carbonyl (C=O) groups is 2. The number of amides is 2. The number of methoxy groups -OCH3 is 2. The highest BCUT2D eigenvalue weighted by Gasteiger charge is 2.33. The lowest BCUT2D eigenvalue weighted by Gasteiger charge is -2.32. The van der Waals surface area contributed by atoms with E-state index >= 15 is 0 Å². The molecule has 1 unspecified atom stereocenters. The fraction of sp³-hybridized carbons (Fsp3) is 0.375. The average molecular weight is 681 g/mol. The standard InChI is InChI=1S/C32H39Cl2N3O7S/c1-7-44-25-11-9-24(10-12-25)37(45(40,41)26-13-15-29(42-5)30(17-26)43-6)20-31(38)36(22(4)32(39)35-18-21(2)3)19-23-8-14-27(33)28(34)16-23/h8-17,21-22H,7,18-20H2,1-6H3,(H,35,39). The van der Waals surface area contributed by atoms with Crippen molar-refractivity contribution in [3.63, 3.8) is 0 Å². The average Bonchev–Trinajstić information content (AvgIpc) is 3.02. The highest BCUT2D eigenvalue weighted by Crippen LogP contribution is 2.33. The molecule has 1 atom stereocenters. The minimum Gasteiger partial charge on any atom is -0.494 e. The van der Waals surface area contributed by atoms with Crippen LogP contribution in [0.3, 0.4) is 0 Å². The first-order valence-corrected chi connectivity index (χ1v) is 16.5. The van der Waals surface area contributed by atoms with Gasteiger partial charge in [-0.2, -0.15) is 0 Å². The molecule has 244 valence electrons. The van der Waals surface area contributed by atoms with Crippen LogP contribution in [0.25, 0.3) is 0 Å². The Kier molecular flexibility index (Phi) is 12.8. The van der Waals surface area contributed by atoms with E-state index in [-0.39, 0.29) is 39.7 Å². The van der Waals surface area contributed by atoms with Gasteiger partial charge in [-0.1, -0.05) is 43.1 Å². The Bertz CT molecular complexity index is 1580. The van der Waals surface area contributed by atoms with Crippen LogP contribution in [0.5, 0.6) is 17.2 Å². The second-order valence-electron chi connectivity index (χ2n) is 10.5. The van der Waals surface area contributed by atoms with Crippen LogP contribution in [0.1, 0.15) is 33.3 Å². The number of sulfonamides is 1. The van der Waals surface area contributed by atoms with Crippen LogP contribution in [0, 0.1) is 5.92 Å². The molecule has 3 aromatic carbocycles. The Balaban J connectivity index is 2.08. The third kappa shape index (κ3) is 9.18. The van der Waals surface area contributed by atoms with Gasteiger partial charge in [0.1, 0.15) is 18.3 Å². The van der Waals surface area contributed by atoms with Gasteiger partial charge in [0.25, 0.3) is 10.0 Å². The minimum absolute atomic E-state index is 0.0283. The molecule has 2 amide bonds. The maximum atomic E-state index is 14.2. The molecule has 45 heavy (non-hydrogen) atoms. The Labute approximate surface area is 275 Å². The van der Waals surface area contributed by atoms with E-state index in [1.165, 1.54) is 37.3 Å². The number of ether oxygens (including phenoxy) is 3. The van der Waals surface area contributed by atoms with Gasteiger partial charge >= 0.3 is 0 Å². The molecule has 0 heterocycles. The maximum absolute atomic E-state index is 14.2. The number of nitrogens with zero attached hydrogens (tertiary/aromatic N) is 2. The summed E-state index contributed by atoms with van der Waals surface area (Å²) >= 11 is 12.3. The lowest BCUT2D eigenvalue weighted by molar-refractivity contribution is -0.139. The monoisotopic (exact) mass is 679 g/mol. The fourth-order valence-electron chi connectivity index (χ4n) is 4.38. The molecule has 0 fully saturated rings. The quantitative estimate of drug-likeness (QED) is 0.216. The summed E-state index contributed by atoms with van der Waals surface area (Å²) in [5, 5.41) is 3.47. The van der Waals surface area contributed by atoms with Crippen LogP contribution in [-0.2, 0) is 26.2 Å². The Morgan fingerprint density at radius 1 is 0.889 bits per heavy atom. The van der Waals surface area contributed by atoms with Crippen molar-refractivity contribution in [2.75, 3.05) is 38.2 Å². The van der Waals surface area contributed by atoms with Crippen LogP contribution < -0.4 is 23.8 Å². The lowest BCUT2D eigenvalue weighted by atomic mass is 10.1. The van der Waals surface area contributed by atoms with E-state index in [1.807, 2.05) is 20.8 Å². The smallest absolute Gasteiger partial charge is 0.264 e. The number of nitrogens with one attached hydrogen (secondary N) is 1. The number of hydrogen-bond donors (Lipinski definition) is 1. The fourth-order valence-corrected chi connectivity index (χ4v) is 6.13. The van der Waals surface area contributed by atoms with Crippen molar-refractivity contribution in [3.8, 4) is 17.2 Å². The number of anilines is 1. The van der Waals surface area contributed by atoms with Gasteiger partial charge in [0, 0.05) is 19.2 Å². The molecule has 0 saturated carbocycles. The summed E-state index contributed by atoms with van der Waals surface area (Å²) in [5.41, 5.74) is 0.824. The molecule has 0 aliphatic heterocycles. The van der Waals surface area contributed by atoms with Gasteiger partial charge in [0.15, 0.2) is 11.5 Å². The summed E-state index contributed by atoms with van der Waals surface area (Å²) < 4.78 is 45.5. The first-order chi connectivity index (χ1) is 21.3. The summed E-state index contributed by atoms with van der Waals surface area (Å²) in [5.74, 6) is 0.260. The van der Waals surface area contributed by atoms with Crippen molar-refractivity contribution >= 4 is 50.7 Å². The zero-order valence-electron chi connectivity index (χ0n) is 26.2. The van der Waals surface area contributed by atoms with Gasteiger partial charge in [-0.15, -0.1) is 0 Å². The summed E-state index contributed by atoms with van der Waals surface area (Å²) in [7, 11) is -1.51. The molecule has 0 radical (unpaired) electrons. The third-order valence-electron chi connectivity index (χ3n) is 6.85. The number of carbonyl (C=O) groups excluding carboxylic acids is 2. The van der Waals surface area contributed by atoms with Crippen molar-refractivity contribution in [3.05, 3.63) is 76.3 Å². The largest absolute Gasteiger partial charge is 0.494 e. The second kappa shape index (κ2) is 16.1. The van der Waals surface area contributed by atoms with Crippen molar-refractivity contribution < 1.29 is 32.2 Å². The number of rotatable bonds is 15. The van der Waals surface area contributed by atoms with Crippen molar-refractivity contribution in [2.45, 2.75) is 45.2 Å². The molecular formula is C32H39Cl2N3O7S. The van der Waals surface area contributed by atoms with Crippen LogP contribution in [0.4, 0.5) is 5.69 Å². The SMILES string of the molecule is CCOc1ccc(N(CC(=O)N(Cc2ccc(Cl)c(Cl)c2)C(C)C(=O)NCC(C)C)S(=O)(=O)c2ccc(OC)c(OC)c2)cc1. The van der Waals surface area contributed by atoms with Crippen LogP contribution in [-0.4, -0.2) is 65.1 Å². The van der Waals surface area contributed by atoms with E-state index in [0.717, 1.165) is 4.31 Å². The summed E-state index contributed by atoms with van der Waals surface area (Å²) in [6.07, 6.45) is 0. The summed E-state index contributed by atoms with van der Waals surface area (Å²) in [4.78, 5) is 28.5. The molecule has 0 aromatic heterocycles. The molecular weight excluding hydrogens is 641 g/mol. The van der Waals surface area contributed by atoms with E-state index in [2.05, 4.69) is 5.32 Å². The normalized spacial score (nSPS) is 11.9. The molecule has 10 nitrogen and oxygen atoms in total. The predicted molar refractivity (Wildman–Crippen MR) is 176 cm³/mol. The Morgan fingerprint density at radius 3 is 2.13 bits per heavy atom. The van der Waals surface area contributed by atoms with Crippen molar-refractivity contribution in [1.82, 2.24) is 10.2 Å². The first kappa shape index (κ1) is 35.8. The molecule has 0 saturated heterocycles. The van der Waals surface area contributed by atoms with Crippen molar-refractivity contribution in [2.24, 2.45) is 5.92 Å². The molecule has 0 aliphatic carbocycles. The van der Waals surface area contributed by atoms with E-state index in [4.69, 9.17) is 37.4 Å². The summed E-state index contributed by atoms with van der Waals surface area (Å²) in [6, 6.07) is 14.5. The zero-order chi connectivity index (χ0) is 33.3. The zero-order valence-corrected chi connectivity index (χ0v) is 28.5. The molecule has 13 heteroatoms. The minimum atomic E-state index is -4.35. The van der Waals surface area contributed by atoms with Crippen LogP contribution >= 0.6 is 23.2 Å². The van der Waals surface area contributed by atoms with E-state index in [0.29, 0.717) is 35.2 Å². The topological polar surface area (TPSA) is 114 Å². The highest BCUT2D eigenvalue weighted by molar-refractivity contribution is 7.92. The molecule has 3 aromatic rings. The van der Waals surface area contributed by atoms with Gasteiger partial charge in [-0.25, -0.2) is 8.42 Å². The third-order valence-corrected chi connectivity index (χ3v) is 9.36. The Hall–Kier alpha value is -3.67. The molecule has 0 aliphatic rings. The molecule has 3 rings (SSSR count). The van der Waals surface area contributed by atoms with Gasteiger partial charge in [0.05, 0.1) is 41.5 Å². The second-order valence-corrected chi connectivity index (χ2v) is 13.2. The van der Waals surface area contributed by atoms with Crippen LogP contribution in [0.2, 0.25) is 10.0 Å². The van der Waals surface area contributed by atoms with Crippen LogP contribution in [0.15, 0.2) is 65.6 Å².